The lowest BCUT2D eigenvalue weighted by molar-refractivity contribution is -0.131. The van der Waals surface area contributed by atoms with Crippen LogP contribution in [0.5, 0.6) is 0 Å². The van der Waals surface area contributed by atoms with Crippen molar-refractivity contribution in [3.05, 3.63) is 34.6 Å². The third kappa shape index (κ3) is 3.33. The summed E-state index contributed by atoms with van der Waals surface area (Å²) in [6.45, 7) is 2.19. The van der Waals surface area contributed by atoms with Gasteiger partial charge in [-0.1, -0.05) is 37.4 Å². The Bertz CT molecular complexity index is 466. The monoisotopic (exact) mass is 300 g/mol. The standard InChI is InChI=1S/C16H22ClFO2/c1-11-4-3-7-16(10-11,20-2)15(19)8-12-5-6-13(18)9-14(12)17/h5-6,9,11,15,19H,3-4,7-8,10H2,1-2H3. The molecule has 0 heterocycles. The van der Waals surface area contributed by atoms with Crippen LogP contribution in [0.25, 0.3) is 0 Å². The summed E-state index contributed by atoms with van der Waals surface area (Å²) in [6.07, 6.45) is 3.70. The van der Waals surface area contributed by atoms with E-state index in [2.05, 4.69) is 6.92 Å². The number of aliphatic hydroxyl groups excluding tert-OH is 1. The third-order valence-corrected chi connectivity index (χ3v) is 4.78. The molecule has 0 radical (unpaired) electrons. The molecule has 0 spiro atoms. The Morgan fingerprint density at radius 2 is 2.30 bits per heavy atom. The predicted molar refractivity (Wildman–Crippen MR) is 78.5 cm³/mol. The Morgan fingerprint density at radius 3 is 2.90 bits per heavy atom. The molecular formula is C16H22ClFO2. The van der Waals surface area contributed by atoms with E-state index in [9.17, 15) is 9.50 Å². The summed E-state index contributed by atoms with van der Waals surface area (Å²) >= 11 is 6.04. The summed E-state index contributed by atoms with van der Waals surface area (Å²) in [6, 6.07) is 4.29. The Hall–Kier alpha value is -0.640. The topological polar surface area (TPSA) is 29.5 Å². The molecule has 1 aromatic rings. The Labute approximate surface area is 124 Å². The van der Waals surface area contributed by atoms with Crippen molar-refractivity contribution >= 4 is 11.6 Å². The fourth-order valence-electron chi connectivity index (χ4n) is 3.25. The van der Waals surface area contributed by atoms with Crippen molar-refractivity contribution in [2.45, 2.75) is 50.7 Å². The first-order chi connectivity index (χ1) is 9.47. The zero-order valence-electron chi connectivity index (χ0n) is 12.0. The fourth-order valence-corrected chi connectivity index (χ4v) is 3.49. The molecule has 0 aliphatic heterocycles. The molecule has 1 saturated carbocycles. The van der Waals surface area contributed by atoms with Gasteiger partial charge in [-0.3, -0.25) is 0 Å². The van der Waals surface area contributed by atoms with Crippen molar-refractivity contribution in [3.8, 4) is 0 Å². The molecule has 1 aliphatic rings. The van der Waals surface area contributed by atoms with Crippen molar-refractivity contribution in [3.63, 3.8) is 0 Å². The minimum Gasteiger partial charge on any atom is -0.390 e. The van der Waals surface area contributed by atoms with Gasteiger partial charge in [-0.2, -0.15) is 0 Å². The van der Waals surface area contributed by atoms with Crippen molar-refractivity contribution in [1.29, 1.82) is 0 Å². The van der Waals surface area contributed by atoms with Gasteiger partial charge in [0.2, 0.25) is 0 Å². The van der Waals surface area contributed by atoms with Gasteiger partial charge in [-0.05, 0) is 36.5 Å². The van der Waals surface area contributed by atoms with Crippen molar-refractivity contribution < 1.29 is 14.2 Å². The van der Waals surface area contributed by atoms with Crippen LogP contribution in [0.4, 0.5) is 4.39 Å². The lowest BCUT2D eigenvalue weighted by atomic mass is 9.74. The van der Waals surface area contributed by atoms with Crippen LogP contribution in [0.15, 0.2) is 18.2 Å². The first-order valence-electron chi connectivity index (χ1n) is 7.14. The number of methoxy groups -OCH3 is 1. The van der Waals surface area contributed by atoms with E-state index in [0.717, 1.165) is 24.8 Å². The largest absolute Gasteiger partial charge is 0.390 e. The number of ether oxygens (including phenoxy) is 1. The van der Waals surface area contributed by atoms with Gasteiger partial charge in [-0.25, -0.2) is 4.39 Å². The number of benzene rings is 1. The first-order valence-corrected chi connectivity index (χ1v) is 7.52. The molecule has 3 unspecified atom stereocenters. The maximum atomic E-state index is 13.1. The summed E-state index contributed by atoms with van der Waals surface area (Å²) in [4.78, 5) is 0. The maximum absolute atomic E-state index is 13.1. The second kappa shape index (κ2) is 6.42. The lowest BCUT2D eigenvalue weighted by Crippen LogP contribution is -2.48. The number of aliphatic hydroxyl groups is 1. The van der Waals surface area contributed by atoms with Crippen LogP contribution in [-0.4, -0.2) is 23.9 Å². The predicted octanol–water partition coefficient (Wildman–Crippen LogP) is 3.98. The highest BCUT2D eigenvalue weighted by molar-refractivity contribution is 6.31. The third-order valence-electron chi connectivity index (χ3n) is 4.43. The van der Waals surface area contributed by atoms with Crippen LogP contribution in [0.2, 0.25) is 5.02 Å². The fraction of sp³-hybridized carbons (Fsp3) is 0.625. The molecule has 20 heavy (non-hydrogen) atoms. The summed E-state index contributed by atoms with van der Waals surface area (Å²) in [5.41, 5.74) is 0.255. The molecule has 0 bridgehead atoms. The van der Waals surface area contributed by atoms with Gasteiger partial charge in [-0.15, -0.1) is 0 Å². The van der Waals surface area contributed by atoms with E-state index in [1.807, 2.05) is 0 Å². The zero-order valence-corrected chi connectivity index (χ0v) is 12.8. The first kappa shape index (κ1) is 15.7. The second-order valence-corrected chi connectivity index (χ2v) is 6.33. The normalized spacial score (nSPS) is 28.4. The minimum atomic E-state index is -0.627. The molecule has 0 saturated heterocycles. The molecule has 2 rings (SSSR count). The Balaban J connectivity index is 2.14. The summed E-state index contributed by atoms with van der Waals surface area (Å²) in [5, 5.41) is 11.0. The van der Waals surface area contributed by atoms with Gasteiger partial charge < -0.3 is 9.84 Å². The molecule has 0 amide bonds. The molecule has 2 nitrogen and oxygen atoms in total. The van der Waals surface area contributed by atoms with Gasteiger partial charge in [0.1, 0.15) is 5.82 Å². The SMILES string of the molecule is COC1(C(O)Cc2ccc(F)cc2Cl)CCCC(C)C1. The summed E-state index contributed by atoms with van der Waals surface area (Å²) in [5.74, 6) is 0.183. The quantitative estimate of drug-likeness (QED) is 0.911. The van der Waals surface area contributed by atoms with Crippen LogP contribution < -0.4 is 0 Å². The highest BCUT2D eigenvalue weighted by Gasteiger charge is 2.41. The van der Waals surface area contributed by atoms with E-state index in [1.54, 1.807) is 13.2 Å². The van der Waals surface area contributed by atoms with Gasteiger partial charge in [0.25, 0.3) is 0 Å². The zero-order chi connectivity index (χ0) is 14.8. The number of hydrogen-bond donors (Lipinski definition) is 1. The molecule has 1 aliphatic carbocycles. The average molecular weight is 301 g/mol. The van der Waals surface area contributed by atoms with Crippen LogP contribution in [-0.2, 0) is 11.2 Å². The Morgan fingerprint density at radius 1 is 1.55 bits per heavy atom. The van der Waals surface area contributed by atoms with Crippen LogP contribution >= 0.6 is 11.6 Å². The molecule has 0 aromatic heterocycles. The van der Waals surface area contributed by atoms with E-state index in [0.29, 0.717) is 17.4 Å². The minimum absolute atomic E-state index is 0.360. The van der Waals surface area contributed by atoms with Crippen molar-refractivity contribution in [2.24, 2.45) is 5.92 Å². The number of rotatable bonds is 4. The van der Waals surface area contributed by atoms with Gasteiger partial charge in [0, 0.05) is 18.6 Å². The van der Waals surface area contributed by atoms with Crippen LogP contribution in [0.3, 0.4) is 0 Å². The molecule has 1 fully saturated rings. The molecule has 3 atom stereocenters. The summed E-state index contributed by atoms with van der Waals surface area (Å²) < 4.78 is 18.7. The molecule has 1 N–H and O–H groups in total. The maximum Gasteiger partial charge on any atom is 0.124 e. The molecule has 112 valence electrons. The number of halogens is 2. The highest BCUT2D eigenvalue weighted by atomic mass is 35.5. The lowest BCUT2D eigenvalue weighted by Gasteiger charge is -2.42. The van der Waals surface area contributed by atoms with E-state index in [1.165, 1.54) is 18.6 Å². The van der Waals surface area contributed by atoms with E-state index >= 15 is 0 Å². The van der Waals surface area contributed by atoms with Crippen LogP contribution in [0.1, 0.15) is 38.2 Å². The number of hydrogen-bond acceptors (Lipinski definition) is 2. The second-order valence-electron chi connectivity index (χ2n) is 5.93. The van der Waals surface area contributed by atoms with E-state index in [-0.39, 0.29) is 5.82 Å². The molecule has 1 aromatic carbocycles. The average Bonchev–Trinajstić information content (AvgIpc) is 2.41. The highest BCUT2D eigenvalue weighted by Crippen LogP contribution is 2.38. The van der Waals surface area contributed by atoms with Crippen molar-refractivity contribution in [1.82, 2.24) is 0 Å². The van der Waals surface area contributed by atoms with Gasteiger partial charge in [0.15, 0.2) is 0 Å². The molecule has 4 heteroatoms. The summed E-state index contributed by atoms with van der Waals surface area (Å²) in [7, 11) is 1.66. The smallest absolute Gasteiger partial charge is 0.124 e. The van der Waals surface area contributed by atoms with E-state index < -0.39 is 11.7 Å². The van der Waals surface area contributed by atoms with E-state index in [4.69, 9.17) is 16.3 Å². The van der Waals surface area contributed by atoms with Crippen LogP contribution in [0, 0.1) is 11.7 Å². The van der Waals surface area contributed by atoms with Gasteiger partial charge in [0.05, 0.1) is 11.7 Å². The van der Waals surface area contributed by atoms with Crippen molar-refractivity contribution in [2.75, 3.05) is 7.11 Å². The Kier molecular flexibility index (Phi) is 5.05. The van der Waals surface area contributed by atoms with Gasteiger partial charge >= 0.3 is 0 Å². The molecular weight excluding hydrogens is 279 g/mol.